The van der Waals surface area contributed by atoms with Crippen molar-refractivity contribution in [1.82, 2.24) is 4.98 Å². The molecule has 1 heterocycles. The second-order valence-electron chi connectivity index (χ2n) is 3.36. The predicted molar refractivity (Wildman–Crippen MR) is 73.0 cm³/mol. The summed E-state index contributed by atoms with van der Waals surface area (Å²) in [5.41, 5.74) is 0.475. The molecule has 0 atom stereocenters. The quantitative estimate of drug-likeness (QED) is 0.827. The van der Waals surface area contributed by atoms with Crippen LogP contribution in [-0.4, -0.2) is 16.0 Å². The Morgan fingerprint density at radius 2 is 1.88 bits per heavy atom. The van der Waals surface area contributed by atoms with Crippen LogP contribution in [0.4, 0.5) is 5.82 Å². The van der Waals surface area contributed by atoms with Gasteiger partial charge in [0.15, 0.2) is 0 Å². The van der Waals surface area contributed by atoms with E-state index in [2.05, 4.69) is 32.9 Å². The Balaban J connectivity index is 2.11. The molecule has 0 fully saturated rings. The second-order valence-corrected chi connectivity index (χ2v) is 4.61. The maximum Gasteiger partial charge on any atom is 0.256 e. The lowest BCUT2D eigenvalue weighted by molar-refractivity contribution is 0.102. The number of phenols is 1. The van der Waals surface area contributed by atoms with Gasteiger partial charge in [0, 0.05) is 15.3 Å². The topological polar surface area (TPSA) is 62.2 Å². The molecule has 0 saturated carbocycles. The molecule has 2 aromatic rings. The van der Waals surface area contributed by atoms with Crippen LogP contribution in [0.25, 0.3) is 0 Å². The van der Waals surface area contributed by atoms with Gasteiger partial charge in [0.2, 0.25) is 0 Å². The van der Waals surface area contributed by atoms with Gasteiger partial charge in [-0.05, 0) is 59.0 Å². The number of pyridine rings is 1. The van der Waals surface area contributed by atoms with E-state index < -0.39 is 0 Å². The Morgan fingerprint density at radius 1 is 1.18 bits per heavy atom. The van der Waals surface area contributed by atoms with E-state index in [-0.39, 0.29) is 11.7 Å². The summed E-state index contributed by atoms with van der Waals surface area (Å²) < 4.78 is 1.00. The third-order valence-corrected chi connectivity index (χ3v) is 2.74. The summed E-state index contributed by atoms with van der Waals surface area (Å²) in [7, 11) is 0. The van der Waals surface area contributed by atoms with Crippen molar-refractivity contribution in [1.29, 1.82) is 0 Å². The molecular formula is C12H9IN2O2. The van der Waals surface area contributed by atoms with E-state index in [1.807, 2.05) is 6.07 Å². The van der Waals surface area contributed by atoms with Gasteiger partial charge in [-0.1, -0.05) is 0 Å². The number of hydrogen-bond donors (Lipinski definition) is 2. The monoisotopic (exact) mass is 340 g/mol. The molecule has 1 amide bonds. The van der Waals surface area contributed by atoms with Crippen molar-refractivity contribution >= 4 is 34.3 Å². The van der Waals surface area contributed by atoms with E-state index in [0.29, 0.717) is 11.4 Å². The van der Waals surface area contributed by atoms with Crippen molar-refractivity contribution in [3.05, 3.63) is 51.7 Å². The third-order valence-electron chi connectivity index (χ3n) is 2.10. The zero-order chi connectivity index (χ0) is 12.3. The first-order chi connectivity index (χ1) is 8.15. The van der Waals surface area contributed by atoms with E-state index in [1.165, 1.54) is 12.1 Å². The van der Waals surface area contributed by atoms with Gasteiger partial charge in [0.25, 0.3) is 5.91 Å². The average molecular weight is 340 g/mol. The highest BCUT2D eigenvalue weighted by atomic mass is 127. The molecule has 4 nitrogen and oxygen atoms in total. The van der Waals surface area contributed by atoms with Gasteiger partial charge in [0.1, 0.15) is 11.6 Å². The molecule has 0 saturated heterocycles. The summed E-state index contributed by atoms with van der Waals surface area (Å²) in [4.78, 5) is 15.8. The summed E-state index contributed by atoms with van der Waals surface area (Å²) in [6.45, 7) is 0. The van der Waals surface area contributed by atoms with Crippen LogP contribution in [0.1, 0.15) is 10.4 Å². The van der Waals surface area contributed by atoms with Gasteiger partial charge in [-0.15, -0.1) is 0 Å². The zero-order valence-electron chi connectivity index (χ0n) is 8.72. The molecule has 86 valence electrons. The Morgan fingerprint density at radius 3 is 2.47 bits per heavy atom. The van der Waals surface area contributed by atoms with Crippen molar-refractivity contribution in [3.63, 3.8) is 0 Å². The fourth-order valence-corrected chi connectivity index (χ4v) is 1.57. The fraction of sp³-hybridized carbons (Fsp3) is 0. The Kier molecular flexibility index (Phi) is 3.58. The number of aromatic nitrogens is 1. The van der Waals surface area contributed by atoms with E-state index in [4.69, 9.17) is 5.11 Å². The molecule has 0 radical (unpaired) electrons. The van der Waals surface area contributed by atoms with Crippen LogP contribution >= 0.6 is 22.6 Å². The van der Waals surface area contributed by atoms with Crippen LogP contribution in [0.3, 0.4) is 0 Å². The molecule has 17 heavy (non-hydrogen) atoms. The lowest BCUT2D eigenvalue weighted by atomic mass is 10.2. The summed E-state index contributed by atoms with van der Waals surface area (Å²) in [6, 6.07) is 9.64. The number of carbonyl (C=O) groups excluding carboxylic acids is 1. The fourth-order valence-electron chi connectivity index (χ4n) is 1.25. The number of anilines is 1. The molecule has 0 spiro atoms. The number of nitrogens with zero attached hydrogens (tertiary/aromatic N) is 1. The summed E-state index contributed by atoms with van der Waals surface area (Å²) in [5.74, 6) is 0.385. The maximum absolute atomic E-state index is 11.8. The van der Waals surface area contributed by atoms with Crippen LogP contribution < -0.4 is 5.32 Å². The van der Waals surface area contributed by atoms with Crippen LogP contribution in [0.15, 0.2) is 42.6 Å². The van der Waals surface area contributed by atoms with Gasteiger partial charge < -0.3 is 10.4 Å². The molecule has 1 aromatic carbocycles. The summed E-state index contributed by atoms with van der Waals surface area (Å²) >= 11 is 2.14. The number of hydrogen-bond acceptors (Lipinski definition) is 3. The minimum Gasteiger partial charge on any atom is -0.508 e. The number of halogens is 1. The maximum atomic E-state index is 11.8. The van der Waals surface area contributed by atoms with E-state index >= 15 is 0 Å². The number of aromatic hydroxyl groups is 1. The first-order valence-corrected chi connectivity index (χ1v) is 5.95. The van der Waals surface area contributed by atoms with Crippen LogP contribution in [0.5, 0.6) is 5.75 Å². The lowest BCUT2D eigenvalue weighted by Gasteiger charge is -2.04. The molecule has 0 aliphatic heterocycles. The molecular weight excluding hydrogens is 331 g/mol. The van der Waals surface area contributed by atoms with Crippen LogP contribution in [0, 0.1) is 3.57 Å². The minimum atomic E-state index is -0.251. The number of amides is 1. The average Bonchev–Trinajstić information content (AvgIpc) is 2.33. The van der Waals surface area contributed by atoms with Crippen molar-refractivity contribution in [2.24, 2.45) is 0 Å². The molecule has 5 heteroatoms. The largest absolute Gasteiger partial charge is 0.508 e. The highest BCUT2D eigenvalue weighted by Crippen LogP contribution is 2.12. The molecule has 0 aliphatic carbocycles. The number of benzene rings is 1. The first kappa shape index (κ1) is 11.8. The van der Waals surface area contributed by atoms with Crippen molar-refractivity contribution in [3.8, 4) is 5.75 Å². The predicted octanol–water partition coefficient (Wildman–Crippen LogP) is 2.64. The molecule has 0 unspecified atom stereocenters. The summed E-state index contributed by atoms with van der Waals surface area (Å²) in [6.07, 6.45) is 1.67. The lowest BCUT2D eigenvalue weighted by Crippen LogP contribution is -2.12. The SMILES string of the molecule is O=C(Nc1ccc(I)cn1)c1ccc(O)cc1. The zero-order valence-corrected chi connectivity index (χ0v) is 10.9. The van der Waals surface area contributed by atoms with Gasteiger partial charge >= 0.3 is 0 Å². The highest BCUT2D eigenvalue weighted by molar-refractivity contribution is 14.1. The smallest absolute Gasteiger partial charge is 0.256 e. The number of rotatable bonds is 2. The minimum absolute atomic E-state index is 0.133. The molecule has 0 aliphatic rings. The molecule has 1 aromatic heterocycles. The second kappa shape index (κ2) is 5.13. The van der Waals surface area contributed by atoms with Crippen LogP contribution in [-0.2, 0) is 0 Å². The Labute approximate surface area is 112 Å². The van der Waals surface area contributed by atoms with Crippen LogP contribution in [0.2, 0.25) is 0 Å². The van der Waals surface area contributed by atoms with E-state index in [9.17, 15) is 4.79 Å². The third kappa shape index (κ3) is 3.16. The van der Waals surface area contributed by atoms with Crippen molar-refractivity contribution in [2.75, 3.05) is 5.32 Å². The van der Waals surface area contributed by atoms with Gasteiger partial charge in [0.05, 0.1) is 0 Å². The van der Waals surface area contributed by atoms with E-state index in [0.717, 1.165) is 3.57 Å². The van der Waals surface area contributed by atoms with Crippen molar-refractivity contribution < 1.29 is 9.90 Å². The van der Waals surface area contributed by atoms with Crippen molar-refractivity contribution in [2.45, 2.75) is 0 Å². The molecule has 2 N–H and O–H groups in total. The Hall–Kier alpha value is -1.63. The Bertz CT molecular complexity index is 523. The standard InChI is InChI=1S/C12H9IN2O2/c13-9-3-6-11(14-7-9)15-12(17)8-1-4-10(16)5-2-8/h1-7,16H,(H,14,15,17). The molecule has 0 bridgehead atoms. The van der Waals surface area contributed by atoms with Gasteiger partial charge in [-0.25, -0.2) is 4.98 Å². The number of carbonyl (C=O) groups is 1. The highest BCUT2D eigenvalue weighted by Gasteiger charge is 2.06. The van der Waals surface area contributed by atoms with Gasteiger partial charge in [-0.3, -0.25) is 4.79 Å². The molecule has 2 rings (SSSR count). The van der Waals surface area contributed by atoms with Gasteiger partial charge in [-0.2, -0.15) is 0 Å². The first-order valence-electron chi connectivity index (χ1n) is 4.87. The normalized spacial score (nSPS) is 9.94. The summed E-state index contributed by atoms with van der Waals surface area (Å²) in [5, 5.41) is 11.8. The number of nitrogens with one attached hydrogen (secondary N) is 1. The van der Waals surface area contributed by atoms with E-state index in [1.54, 1.807) is 24.4 Å². The number of phenolic OH excluding ortho intramolecular Hbond substituents is 1.